The van der Waals surface area contributed by atoms with Crippen LogP contribution in [0.25, 0.3) is 11.4 Å². The first-order valence-electron chi connectivity index (χ1n) is 6.56. The molecular weight excluding hydrogens is 256 g/mol. The van der Waals surface area contributed by atoms with Gasteiger partial charge in [0.25, 0.3) is 0 Å². The van der Waals surface area contributed by atoms with E-state index in [0.29, 0.717) is 12.2 Å². The zero-order chi connectivity index (χ0) is 14.7. The van der Waals surface area contributed by atoms with Gasteiger partial charge in [0.2, 0.25) is 0 Å². The van der Waals surface area contributed by atoms with Crippen molar-refractivity contribution in [1.82, 2.24) is 20.2 Å². The quantitative estimate of drug-likeness (QED) is 0.905. The van der Waals surface area contributed by atoms with Crippen molar-refractivity contribution in [1.29, 1.82) is 0 Å². The van der Waals surface area contributed by atoms with Crippen LogP contribution in [0.15, 0.2) is 24.3 Å². The monoisotopic (exact) mass is 274 g/mol. The minimum Gasteiger partial charge on any atom is -0.480 e. The van der Waals surface area contributed by atoms with Crippen LogP contribution in [0.5, 0.6) is 0 Å². The topological polar surface area (TPSA) is 80.9 Å². The van der Waals surface area contributed by atoms with Crippen LogP contribution in [0.2, 0.25) is 0 Å². The van der Waals surface area contributed by atoms with Crippen molar-refractivity contribution >= 4 is 5.97 Å². The van der Waals surface area contributed by atoms with Crippen LogP contribution in [-0.4, -0.2) is 31.3 Å². The number of tetrazole rings is 1. The lowest BCUT2D eigenvalue weighted by Crippen LogP contribution is -2.23. The van der Waals surface area contributed by atoms with E-state index < -0.39 is 12.0 Å². The number of benzene rings is 1. The van der Waals surface area contributed by atoms with Gasteiger partial charge >= 0.3 is 5.97 Å². The van der Waals surface area contributed by atoms with E-state index in [4.69, 9.17) is 0 Å². The van der Waals surface area contributed by atoms with Crippen LogP contribution in [0.3, 0.4) is 0 Å². The van der Waals surface area contributed by atoms with Crippen LogP contribution in [0, 0.1) is 12.8 Å². The molecule has 6 heteroatoms. The molecule has 0 amide bonds. The van der Waals surface area contributed by atoms with Gasteiger partial charge in [0.1, 0.15) is 0 Å². The van der Waals surface area contributed by atoms with Crippen LogP contribution in [0.1, 0.15) is 31.9 Å². The van der Waals surface area contributed by atoms with E-state index in [1.165, 1.54) is 4.68 Å². The molecule has 1 N–H and O–H groups in total. The highest BCUT2D eigenvalue weighted by Gasteiger charge is 2.25. The van der Waals surface area contributed by atoms with Crippen molar-refractivity contribution < 1.29 is 9.90 Å². The van der Waals surface area contributed by atoms with Crippen LogP contribution >= 0.6 is 0 Å². The lowest BCUT2D eigenvalue weighted by atomic mass is 10.0. The van der Waals surface area contributed by atoms with Gasteiger partial charge in [-0.2, -0.15) is 0 Å². The highest BCUT2D eigenvalue weighted by molar-refractivity contribution is 5.72. The highest BCUT2D eigenvalue weighted by atomic mass is 16.4. The molecule has 0 saturated heterocycles. The first-order valence-corrected chi connectivity index (χ1v) is 6.56. The fraction of sp³-hybridized carbons (Fsp3) is 0.429. The number of carbonyl (C=O) groups is 1. The lowest BCUT2D eigenvalue weighted by Gasteiger charge is -2.16. The predicted molar refractivity (Wildman–Crippen MR) is 74.1 cm³/mol. The summed E-state index contributed by atoms with van der Waals surface area (Å²) in [6, 6.07) is 6.95. The molecule has 0 radical (unpaired) electrons. The Morgan fingerprint density at radius 3 is 2.75 bits per heavy atom. The summed E-state index contributed by atoms with van der Waals surface area (Å²) >= 11 is 0. The lowest BCUT2D eigenvalue weighted by molar-refractivity contribution is -0.141. The number of aliphatic carboxylic acids is 1. The number of carboxylic acids is 1. The van der Waals surface area contributed by atoms with E-state index in [9.17, 15) is 9.90 Å². The molecule has 0 aliphatic rings. The van der Waals surface area contributed by atoms with Gasteiger partial charge < -0.3 is 5.11 Å². The summed E-state index contributed by atoms with van der Waals surface area (Å²) in [7, 11) is 0. The summed E-state index contributed by atoms with van der Waals surface area (Å²) in [6.07, 6.45) is 0.485. The predicted octanol–water partition coefficient (Wildman–Crippen LogP) is 2.32. The third kappa shape index (κ3) is 3.01. The Morgan fingerprint density at radius 1 is 1.40 bits per heavy atom. The maximum Gasteiger partial charge on any atom is 0.328 e. The summed E-state index contributed by atoms with van der Waals surface area (Å²) in [5.74, 6) is -0.188. The maximum atomic E-state index is 11.5. The molecule has 1 aromatic heterocycles. The molecule has 0 aliphatic carbocycles. The van der Waals surface area contributed by atoms with E-state index in [0.717, 1.165) is 11.1 Å². The molecule has 106 valence electrons. The molecule has 0 fully saturated rings. The Labute approximate surface area is 117 Å². The average Bonchev–Trinajstić information content (AvgIpc) is 2.84. The molecule has 1 aromatic carbocycles. The maximum absolute atomic E-state index is 11.5. The first kappa shape index (κ1) is 14.2. The normalized spacial score (nSPS) is 12.6. The van der Waals surface area contributed by atoms with Crippen molar-refractivity contribution in [3.63, 3.8) is 0 Å². The third-order valence-corrected chi connectivity index (χ3v) is 3.04. The molecule has 0 saturated carbocycles. The van der Waals surface area contributed by atoms with Crippen molar-refractivity contribution in [2.75, 3.05) is 0 Å². The number of nitrogens with zero attached hydrogens (tertiary/aromatic N) is 4. The number of rotatable bonds is 5. The summed E-state index contributed by atoms with van der Waals surface area (Å²) in [6.45, 7) is 5.93. The van der Waals surface area contributed by atoms with E-state index in [1.54, 1.807) is 0 Å². The van der Waals surface area contributed by atoms with E-state index >= 15 is 0 Å². The second-order valence-corrected chi connectivity index (χ2v) is 5.30. The summed E-state index contributed by atoms with van der Waals surface area (Å²) in [4.78, 5) is 11.5. The number of aromatic nitrogens is 4. The van der Waals surface area contributed by atoms with Gasteiger partial charge in [-0.15, -0.1) is 5.10 Å². The van der Waals surface area contributed by atoms with Gasteiger partial charge in [-0.05, 0) is 35.8 Å². The summed E-state index contributed by atoms with van der Waals surface area (Å²) in [5, 5.41) is 20.9. The zero-order valence-corrected chi connectivity index (χ0v) is 11.8. The Kier molecular flexibility index (Phi) is 4.12. The zero-order valence-electron chi connectivity index (χ0n) is 11.8. The number of hydrogen-bond donors (Lipinski definition) is 1. The smallest absolute Gasteiger partial charge is 0.328 e. The van der Waals surface area contributed by atoms with Crippen molar-refractivity contribution in [2.24, 2.45) is 5.92 Å². The highest BCUT2D eigenvalue weighted by Crippen LogP contribution is 2.24. The third-order valence-electron chi connectivity index (χ3n) is 3.04. The van der Waals surface area contributed by atoms with Crippen LogP contribution in [0.4, 0.5) is 0 Å². The molecule has 1 atom stereocenters. The minimum atomic E-state index is -0.917. The summed E-state index contributed by atoms with van der Waals surface area (Å²) < 4.78 is 1.40. The molecule has 0 bridgehead atoms. The molecule has 1 heterocycles. The number of carboxylic acid groups (broad SMARTS) is 1. The Bertz CT molecular complexity index is 607. The SMILES string of the molecule is Cc1cccc(-c2nnnn2C(CC(C)C)C(=O)O)c1. The van der Waals surface area contributed by atoms with Crippen molar-refractivity contribution in [3.05, 3.63) is 29.8 Å². The molecule has 2 rings (SSSR count). The largest absolute Gasteiger partial charge is 0.480 e. The fourth-order valence-corrected chi connectivity index (χ4v) is 2.13. The second kappa shape index (κ2) is 5.81. The molecular formula is C14H18N4O2. The van der Waals surface area contributed by atoms with E-state index in [2.05, 4.69) is 15.5 Å². The van der Waals surface area contributed by atoms with Crippen molar-refractivity contribution in [3.8, 4) is 11.4 Å². The molecule has 0 spiro atoms. The van der Waals surface area contributed by atoms with Crippen molar-refractivity contribution in [2.45, 2.75) is 33.2 Å². The van der Waals surface area contributed by atoms with Gasteiger partial charge in [0.15, 0.2) is 11.9 Å². The van der Waals surface area contributed by atoms with E-state index in [-0.39, 0.29) is 5.92 Å². The Hall–Kier alpha value is -2.24. The minimum absolute atomic E-state index is 0.241. The van der Waals surface area contributed by atoms with Gasteiger partial charge in [-0.3, -0.25) is 0 Å². The first-order chi connectivity index (χ1) is 9.49. The summed E-state index contributed by atoms with van der Waals surface area (Å²) in [5.41, 5.74) is 1.90. The average molecular weight is 274 g/mol. The van der Waals surface area contributed by atoms with E-state index in [1.807, 2.05) is 45.0 Å². The molecule has 2 aromatic rings. The fourth-order valence-electron chi connectivity index (χ4n) is 2.13. The second-order valence-electron chi connectivity index (χ2n) is 5.30. The molecule has 0 aliphatic heterocycles. The van der Waals surface area contributed by atoms with Gasteiger partial charge in [-0.25, -0.2) is 9.48 Å². The van der Waals surface area contributed by atoms with Gasteiger partial charge in [0.05, 0.1) is 0 Å². The number of aryl methyl sites for hydroxylation is 1. The van der Waals surface area contributed by atoms with Crippen LogP contribution < -0.4 is 0 Å². The standard InChI is InChI=1S/C14H18N4O2/c1-9(2)7-12(14(19)20)18-13(15-16-17-18)11-6-4-5-10(3)8-11/h4-6,8-9,12H,7H2,1-3H3,(H,19,20). The van der Waals surface area contributed by atoms with Gasteiger partial charge in [0, 0.05) is 5.56 Å². The molecule has 6 nitrogen and oxygen atoms in total. The molecule has 20 heavy (non-hydrogen) atoms. The van der Waals surface area contributed by atoms with Crippen LogP contribution in [-0.2, 0) is 4.79 Å². The Balaban J connectivity index is 2.43. The number of hydrogen-bond acceptors (Lipinski definition) is 4. The van der Waals surface area contributed by atoms with Gasteiger partial charge in [-0.1, -0.05) is 37.6 Å². The Morgan fingerprint density at radius 2 is 2.15 bits per heavy atom. The molecule has 1 unspecified atom stereocenters.